The van der Waals surface area contributed by atoms with E-state index in [1.54, 1.807) is 0 Å². The number of piperidine rings is 1. The topological polar surface area (TPSA) is 93.0 Å². The number of rotatable bonds is 4. The molecule has 118 valence electrons. The number of hydrogen-bond donors (Lipinski definition) is 2. The molecule has 0 radical (unpaired) electrons. The Morgan fingerprint density at radius 2 is 2.05 bits per heavy atom. The minimum atomic E-state index is 0.109. The molecule has 0 aromatic carbocycles. The van der Waals surface area contributed by atoms with Gasteiger partial charge in [0.1, 0.15) is 5.82 Å². The number of hydrogen-bond acceptors (Lipinski definition) is 6. The lowest BCUT2D eigenvalue weighted by molar-refractivity contribution is 0.230. The van der Waals surface area contributed by atoms with Crippen molar-refractivity contribution < 1.29 is 4.74 Å². The van der Waals surface area contributed by atoms with Crippen LogP contribution < -0.4 is 15.4 Å². The predicted molar refractivity (Wildman–Crippen MR) is 85.0 cm³/mol. The summed E-state index contributed by atoms with van der Waals surface area (Å²) in [6.07, 6.45) is 2.18. The molecule has 3 rings (SSSR count). The molecule has 1 aliphatic rings. The molecule has 1 saturated heterocycles. The van der Waals surface area contributed by atoms with E-state index in [0.717, 1.165) is 37.4 Å². The number of nitrogens with one attached hydrogen (secondary N) is 1. The van der Waals surface area contributed by atoms with Crippen LogP contribution >= 0.6 is 0 Å². The van der Waals surface area contributed by atoms with Crippen LogP contribution in [0.4, 0.5) is 11.6 Å². The highest BCUT2D eigenvalue weighted by Crippen LogP contribution is 2.29. The van der Waals surface area contributed by atoms with Crippen molar-refractivity contribution in [1.82, 2.24) is 20.4 Å². The summed E-state index contributed by atoms with van der Waals surface area (Å²) in [6.45, 7) is 5.83. The second-order valence-electron chi connectivity index (χ2n) is 5.91. The third-order valence-corrected chi connectivity index (χ3v) is 3.84. The van der Waals surface area contributed by atoms with Crippen LogP contribution in [0.1, 0.15) is 38.3 Å². The zero-order valence-corrected chi connectivity index (χ0v) is 13.0. The molecule has 3 heterocycles. The maximum absolute atomic E-state index is 5.69. The molecule has 1 fully saturated rings. The molecule has 0 unspecified atom stereocenters. The minimum Gasteiger partial charge on any atom is -0.474 e. The molecular formula is C15H22N6O. The number of aromatic nitrogens is 4. The van der Waals surface area contributed by atoms with Gasteiger partial charge in [-0.1, -0.05) is 0 Å². The first-order valence-corrected chi connectivity index (χ1v) is 7.68. The molecule has 0 amide bonds. The Hall–Kier alpha value is -2.31. The number of nitrogen functional groups attached to an aromatic ring is 1. The maximum Gasteiger partial charge on any atom is 0.233 e. The Labute approximate surface area is 129 Å². The summed E-state index contributed by atoms with van der Waals surface area (Å²) in [7, 11) is 0. The van der Waals surface area contributed by atoms with E-state index < -0.39 is 0 Å². The lowest BCUT2D eigenvalue weighted by Gasteiger charge is -2.31. The Balaban J connectivity index is 1.59. The molecule has 0 saturated carbocycles. The van der Waals surface area contributed by atoms with Gasteiger partial charge in [-0.25, -0.2) is 0 Å². The largest absolute Gasteiger partial charge is 0.474 e. The van der Waals surface area contributed by atoms with E-state index in [1.807, 2.05) is 32.0 Å². The van der Waals surface area contributed by atoms with Gasteiger partial charge in [0.2, 0.25) is 5.88 Å². The minimum absolute atomic E-state index is 0.109. The van der Waals surface area contributed by atoms with Crippen LogP contribution in [-0.4, -0.2) is 39.6 Å². The molecule has 0 bridgehead atoms. The van der Waals surface area contributed by atoms with Gasteiger partial charge < -0.3 is 15.4 Å². The molecule has 3 N–H and O–H groups in total. The van der Waals surface area contributed by atoms with Crippen molar-refractivity contribution in [2.24, 2.45) is 0 Å². The van der Waals surface area contributed by atoms with Gasteiger partial charge >= 0.3 is 0 Å². The molecule has 7 nitrogen and oxygen atoms in total. The van der Waals surface area contributed by atoms with Crippen molar-refractivity contribution in [1.29, 1.82) is 0 Å². The third kappa shape index (κ3) is 3.29. The van der Waals surface area contributed by atoms with Gasteiger partial charge in [-0.05, 0) is 32.8 Å². The van der Waals surface area contributed by atoms with E-state index in [-0.39, 0.29) is 6.10 Å². The number of aromatic amines is 1. The van der Waals surface area contributed by atoms with Crippen LogP contribution in [0, 0.1) is 0 Å². The van der Waals surface area contributed by atoms with Crippen LogP contribution in [0.5, 0.6) is 5.88 Å². The monoisotopic (exact) mass is 302 g/mol. The van der Waals surface area contributed by atoms with Crippen molar-refractivity contribution in [2.75, 3.05) is 23.7 Å². The van der Waals surface area contributed by atoms with Crippen LogP contribution in [-0.2, 0) is 0 Å². The number of ether oxygens (including phenoxy) is 1. The summed E-state index contributed by atoms with van der Waals surface area (Å²) in [6, 6.07) is 5.78. The quantitative estimate of drug-likeness (QED) is 0.896. The summed E-state index contributed by atoms with van der Waals surface area (Å²) in [4.78, 5) is 2.25. The first kappa shape index (κ1) is 14.6. The predicted octanol–water partition coefficient (Wildman–Crippen LogP) is 1.95. The van der Waals surface area contributed by atoms with Crippen molar-refractivity contribution in [2.45, 2.75) is 38.7 Å². The van der Waals surface area contributed by atoms with E-state index >= 15 is 0 Å². The SMILES string of the molecule is CC(C)Oc1ccc(N2CCC(c3cc(N)[nH]n3)CC2)nn1. The van der Waals surface area contributed by atoms with Crippen LogP contribution in [0.25, 0.3) is 0 Å². The molecule has 0 spiro atoms. The molecule has 0 atom stereocenters. The van der Waals surface area contributed by atoms with Gasteiger partial charge in [-0.3, -0.25) is 5.10 Å². The fourth-order valence-corrected chi connectivity index (χ4v) is 2.75. The van der Waals surface area contributed by atoms with Crippen molar-refractivity contribution in [3.63, 3.8) is 0 Å². The molecule has 1 aliphatic heterocycles. The summed E-state index contributed by atoms with van der Waals surface area (Å²) in [5.41, 5.74) is 6.75. The van der Waals surface area contributed by atoms with Crippen LogP contribution in [0.3, 0.4) is 0 Å². The fraction of sp³-hybridized carbons (Fsp3) is 0.533. The summed E-state index contributed by atoms with van der Waals surface area (Å²) < 4.78 is 5.52. The fourth-order valence-electron chi connectivity index (χ4n) is 2.75. The molecule has 0 aliphatic carbocycles. The summed E-state index contributed by atoms with van der Waals surface area (Å²) in [5.74, 6) is 2.56. The summed E-state index contributed by atoms with van der Waals surface area (Å²) in [5, 5.41) is 15.5. The first-order chi connectivity index (χ1) is 10.6. The second kappa shape index (κ2) is 6.21. The van der Waals surface area contributed by atoms with E-state index in [9.17, 15) is 0 Å². The molecule has 2 aromatic rings. The average molecular weight is 302 g/mol. The Morgan fingerprint density at radius 3 is 2.59 bits per heavy atom. The van der Waals surface area contributed by atoms with Crippen LogP contribution in [0.15, 0.2) is 18.2 Å². The van der Waals surface area contributed by atoms with Crippen molar-refractivity contribution >= 4 is 11.6 Å². The normalized spacial score (nSPS) is 16.2. The Kier molecular flexibility index (Phi) is 4.13. The van der Waals surface area contributed by atoms with Gasteiger partial charge in [0.05, 0.1) is 11.8 Å². The Morgan fingerprint density at radius 1 is 1.27 bits per heavy atom. The van der Waals surface area contributed by atoms with Gasteiger partial charge in [0.25, 0.3) is 0 Å². The highest BCUT2D eigenvalue weighted by Gasteiger charge is 2.23. The van der Waals surface area contributed by atoms with E-state index in [2.05, 4.69) is 25.3 Å². The van der Waals surface area contributed by atoms with Gasteiger partial charge in [-0.15, -0.1) is 10.2 Å². The maximum atomic E-state index is 5.69. The first-order valence-electron chi connectivity index (χ1n) is 7.68. The molecule has 22 heavy (non-hydrogen) atoms. The average Bonchev–Trinajstić information content (AvgIpc) is 2.94. The standard InChI is InChI=1S/C15H22N6O/c1-10(2)22-15-4-3-14(19-20-15)21-7-5-11(6-8-21)12-9-13(16)18-17-12/h3-4,9-11H,5-8H2,1-2H3,(H3,16,17,18). The number of nitrogens with two attached hydrogens (primary N) is 1. The van der Waals surface area contributed by atoms with Gasteiger partial charge in [-0.2, -0.15) is 5.10 Å². The van der Waals surface area contributed by atoms with Gasteiger partial charge in [0.15, 0.2) is 5.82 Å². The van der Waals surface area contributed by atoms with Crippen LogP contribution in [0.2, 0.25) is 0 Å². The van der Waals surface area contributed by atoms with E-state index in [0.29, 0.717) is 17.6 Å². The number of H-pyrrole nitrogens is 1. The molecule has 7 heteroatoms. The lowest BCUT2D eigenvalue weighted by atomic mass is 9.93. The second-order valence-corrected chi connectivity index (χ2v) is 5.91. The highest BCUT2D eigenvalue weighted by atomic mass is 16.5. The van der Waals surface area contributed by atoms with Crippen molar-refractivity contribution in [3.05, 3.63) is 23.9 Å². The van der Waals surface area contributed by atoms with Crippen molar-refractivity contribution in [3.8, 4) is 5.88 Å². The van der Waals surface area contributed by atoms with E-state index in [4.69, 9.17) is 10.5 Å². The number of anilines is 2. The molecular weight excluding hydrogens is 280 g/mol. The zero-order valence-electron chi connectivity index (χ0n) is 13.0. The van der Waals surface area contributed by atoms with Gasteiger partial charge in [0, 0.05) is 31.1 Å². The third-order valence-electron chi connectivity index (χ3n) is 3.84. The smallest absolute Gasteiger partial charge is 0.233 e. The highest BCUT2D eigenvalue weighted by molar-refractivity contribution is 5.39. The number of nitrogens with zero attached hydrogens (tertiary/aromatic N) is 4. The zero-order chi connectivity index (χ0) is 15.5. The molecule has 2 aromatic heterocycles. The lowest BCUT2D eigenvalue weighted by Crippen LogP contribution is -2.33. The summed E-state index contributed by atoms with van der Waals surface area (Å²) >= 11 is 0. The Bertz CT molecular complexity index is 601. The van der Waals surface area contributed by atoms with E-state index in [1.165, 1.54) is 0 Å².